The number of aliphatic carboxylic acids is 1. The predicted octanol–water partition coefficient (Wildman–Crippen LogP) is 7.71. The molecule has 7 heterocycles. The highest BCUT2D eigenvalue weighted by Crippen LogP contribution is 2.57. The van der Waals surface area contributed by atoms with Gasteiger partial charge in [-0.15, -0.1) is 0 Å². The maximum absolute atomic E-state index is 13.6. The van der Waals surface area contributed by atoms with Gasteiger partial charge in [0, 0.05) is 81.3 Å². The Labute approximate surface area is 417 Å². The smallest absolute Gasteiger partial charge is 0.306 e. The first-order valence-electron chi connectivity index (χ1n) is 26.8. The zero-order chi connectivity index (χ0) is 51.2. The van der Waals surface area contributed by atoms with Crippen LogP contribution in [0.1, 0.15) is 154 Å². The highest BCUT2D eigenvalue weighted by molar-refractivity contribution is 5.96. The first-order chi connectivity index (χ1) is 32.9. The molecule has 3 N–H and O–H groups in total. The van der Waals surface area contributed by atoms with E-state index in [2.05, 4.69) is 41.5 Å². The van der Waals surface area contributed by atoms with Crippen molar-refractivity contribution in [1.82, 2.24) is 0 Å². The third-order valence-electron chi connectivity index (χ3n) is 18.2. The lowest BCUT2D eigenvalue weighted by atomic mass is 9.77. The maximum atomic E-state index is 13.6. The summed E-state index contributed by atoms with van der Waals surface area (Å²) in [4.78, 5) is 25.2. The number of aliphatic hydroxyl groups is 2. The van der Waals surface area contributed by atoms with Gasteiger partial charge in [-0.25, -0.2) is 0 Å². The second kappa shape index (κ2) is 22.3. The summed E-state index contributed by atoms with van der Waals surface area (Å²) in [5.41, 5.74) is -0.186. The molecule has 0 bridgehead atoms. The summed E-state index contributed by atoms with van der Waals surface area (Å²) in [5, 5.41) is 32.0. The molecule has 0 aromatic heterocycles. The predicted molar refractivity (Wildman–Crippen MR) is 257 cm³/mol. The summed E-state index contributed by atoms with van der Waals surface area (Å²) in [6.45, 7) is 23.2. The van der Waals surface area contributed by atoms with Crippen molar-refractivity contribution in [3.63, 3.8) is 0 Å². The van der Waals surface area contributed by atoms with Gasteiger partial charge in [0.15, 0.2) is 35.7 Å². The molecule has 0 aromatic rings. The lowest BCUT2D eigenvalue weighted by Crippen LogP contribution is -2.63. The molecule has 7 aliphatic heterocycles. The lowest BCUT2D eigenvalue weighted by molar-refractivity contribution is -0.389. The quantitative estimate of drug-likeness (QED) is 0.127. The Balaban J connectivity index is 1.10. The molecule has 16 nitrogen and oxygen atoms in total. The second-order valence-corrected chi connectivity index (χ2v) is 23.2. The molecule has 402 valence electrons. The van der Waals surface area contributed by atoms with Crippen LogP contribution in [0.4, 0.5) is 0 Å². The van der Waals surface area contributed by atoms with Crippen LogP contribution in [-0.4, -0.2) is 144 Å². The van der Waals surface area contributed by atoms with E-state index in [1.807, 2.05) is 26.8 Å². The molecule has 7 fully saturated rings. The number of carboxylic acids is 1. The largest absolute Gasteiger partial charge is 0.481 e. The molecule has 24 atom stereocenters. The van der Waals surface area contributed by atoms with E-state index in [1.54, 1.807) is 35.0 Å². The summed E-state index contributed by atoms with van der Waals surface area (Å²) in [7, 11) is 3.40. The van der Waals surface area contributed by atoms with Gasteiger partial charge < -0.3 is 67.4 Å². The fourth-order valence-corrected chi connectivity index (χ4v) is 13.4. The van der Waals surface area contributed by atoms with Gasteiger partial charge in [0.25, 0.3) is 0 Å². The number of ketones is 1. The fraction of sp³-hybridized carbons (Fsp3) is 0.926. The summed E-state index contributed by atoms with van der Waals surface area (Å²) >= 11 is 0. The highest BCUT2D eigenvalue weighted by Gasteiger charge is 2.65. The molecule has 0 amide bonds. The van der Waals surface area contributed by atoms with Gasteiger partial charge in [-0.2, -0.15) is 0 Å². The van der Waals surface area contributed by atoms with Crippen LogP contribution >= 0.6 is 0 Å². The molecule has 0 aromatic carbocycles. The van der Waals surface area contributed by atoms with Gasteiger partial charge in [0.05, 0.1) is 79.2 Å². The van der Waals surface area contributed by atoms with Gasteiger partial charge in [0.2, 0.25) is 0 Å². The normalized spacial score (nSPS) is 48.4. The summed E-state index contributed by atoms with van der Waals surface area (Å²) in [6, 6.07) is 0. The molecular weight excluding hydrogens is 905 g/mol. The van der Waals surface area contributed by atoms with Crippen LogP contribution in [0.3, 0.4) is 0 Å². The average molecular weight is 995 g/mol. The second-order valence-electron chi connectivity index (χ2n) is 23.2. The van der Waals surface area contributed by atoms with Gasteiger partial charge in [-0.1, -0.05) is 61.5 Å². The van der Waals surface area contributed by atoms with Crippen LogP contribution in [-0.2, 0) is 61.7 Å². The van der Waals surface area contributed by atoms with Gasteiger partial charge in [-0.3, -0.25) is 9.59 Å². The van der Waals surface area contributed by atoms with Crippen molar-refractivity contribution in [2.75, 3.05) is 20.8 Å². The lowest BCUT2D eigenvalue weighted by Gasteiger charge is -2.53. The summed E-state index contributed by atoms with van der Waals surface area (Å²) in [5.74, 6) is -7.12. The van der Waals surface area contributed by atoms with Crippen molar-refractivity contribution >= 4 is 11.8 Å². The molecule has 7 rings (SSSR count). The monoisotopic (exact) mass is 995 g/mol. The van der Waals surface area contributed by atoms with E-state index in [9.17, 15) is 24.9 Å². The molecule has 7 aliphatic rings. The third kappa shape index (κ3) is 11.2. The molecule has 0 saturated carbocycles. The van der Waals surface area contributed by atoms with E-state index in [0.29, 0.717) is 44.1 Å². The molecule has 1 unspecified atom stereocenters. The number of hydrogen-bond acceptors (Lipinski definition) is 15. The number of methoxy groups -OCH3 is 2. The van der Waals surface area contributed by atoms with E-state index < -0.39 is 84.2 Å². The molecule has 2 spiro atoms. The maximum Gasteiger partial charge on any atom is 0.306 e. The molecular formula is C54H90O16. The Bertz CT molecular complexity index is 1820. The summed E-state index contributed by atoms with van der Waals surface area (Å²) < 4.78 is 73.3. The van der Waals surface area contributed by atoms with Gasteiger partial charge in [-0.05, 0) is 78.2 Å². The molecule has 7 saturated heterocycles. The Morgan fingerprint density at radius 1 is 0.743 bits per heavy atom. The summed E-state index contributed by atoms with van der Waals surface area (Å²) in [6.07, 6.45) is 5.34. The third-order valence-corrected chi connectivity index (χ3v) is 18.2. The van der Waals surface area contributed by atoms with E-state index in [1.165, 1.54) is 0 Å². The van der Waals surface area contributed by atoms with E-state index >= 15 is 0 Å². The SMILES string of the molecule is CO[C@H]1CC[C@H](O[C@H]2[C@H](C)[C@@H]([C@H]3C[C@H](C)C4(O3)O[C@@H]([C@]3(C)CC[C@@]5(O[C@H]([C@@H](C)/C=C(\C)C(=O)[C@H](C)C[C@H](C)C(=O)O)C[C@@H](O[C@H]6CC[C@H](OC)[C@@H](C)O6)[C@H]5C)O3)CC[C@H]4C)O[C@@](O)(CO)[C@H]2C)O[C@@H]1C. The van der Waals surface area contributed by atoms with E-state index in [4.69, 9.17) is 52.1 Å². The number of hydrogen-bond donors (Lipinski definition) is 3. The number of carbonyl (C=O) groups excluding carboxylic acids is 1. The number of ether oxygens (including phenoxy) is 11. The van der Waals surface area contributed by atoms with Crippen LogP contribution in [0, 0.1) is 47.3 Å². The van der Waals surface area contributed by atoms with Crippen LogP contribution in [0.5, 0.6) is 0 Å². The minimum absolute atomic E-state index is 0.00713. The molecule has 0 radical (unpaired) electrons. The first-order valence-corrected chi connectivity index (χ1v) is 26.8. The number of carboxylic acid groups (broad SMARTS) is 1. The Hall–Kier alpha value is -1.64. The zero-order valence-electron chi connectivity index (χ0n) is 44.8. The van der Waals surface area contributed by atoms with Crippen LogP contribution in [0.15, 0.2) is 11.6 Å². The Kier molecular flexibility index (Phi) is 17.9. The van der Waals surface area contributed by atoms with Crippen molar-refractivity contribution in [3.8, 4) is 0 Å². The van der Waals surface area contributed by atoms with Crippen molar-refractivity contribution in [3.05, 3.63) is 11.6 Å². The van der Waals surface area contributed by atoms with Crippen molar-refractivity contribution in [2.24, 2.45) is 47.3 Å². The minimum atomic E-state index is -1.86. The number of Topliss-reactive ketones (excluding diaryl/α,β-unsaturated/α-hetero) is 1. The Morgan fingerprint density at radius 3 is 1.96 bits per heavy atom. The van der Waals surface area contributed by atoms with Crippen molar-refractivity contribution < 1.29 is 77.0 Å². The van der Waals surface area contributed by atoms with Crippen molar-refractivity contribution in [1.29, 1.82) is 0 Å². The topological polar surface area (TPSA) is 196 Å². The standard InChI is InChI=1S/C54H90O16/c1-28(23-29(2)47(56)30(3)24-31(4)50(57)58)41-26-42(64-45-19-16-39(60-13)37(10)62-45)35(8)53(66-41)22-21-51(12,70-53)44-18-15-32(5)54(68-44)33(6)25-43(67-54)49-34(7)48(36(9)52(59,27-55)69-49)65-46-20-17-40(61-14)38(11)63-46/h23,28,30-46,48-49,55,59H,15-22,24-27H2,1-14H3,(H,57,58)/b29-23+/t28-,30+,31-,32+,33-,34-,35+,36-,37+,38+,39-,40-,41-,42+,43+,44+,45-,46-,48-,49-,51-,52-,53+,54?/m0/s1. The average Bonchev–Trinajstić information content (AvgIpc) is 3.84. The number of allylic oxidation sites excluding steroid dienone is 1. The first kappa shape index (κ1) is 56.1. The fourth-order valence-electron chi connectivity index (χ4n) is 13.4. The zero-order valence-corrected chi connectivity index (χ0v) is 44.8. The molecule has 16 heteroatoms. The minimum Gasteiger partial charge on any atom is -0.481 e. The van der Waals surface area contributed by atoms with Crippen molar-refractivity contribution in [2.45, 2.75) is 250 Å². The van der Waals surface area contributed by atoms with Crippen LogP contribution in [0.25, 0.3) is 0 Å². The number of carbonyl (C=O) groups is 2. The number of rotatable bonds is 16. The van der Waals surface area contributed by atoms with E-state index in [-0.39, 0.29) is 84.5 Å². The highest BCUT2D eigenvalue weighted by atomic mass is 16.8. The van der Waals surface area contributed by atoms with E-state index in [0.717, 1.165) is 25.7 Å². The molecule has 70 heavy (non-hydrogen) atoms. The van der Waals surface area contributed by atoms with Gasteiger partial charge >= 0.3 is 5.97 Å². The van der Waals surface area contributed by atoms with Crippen LogP contribution < -0.4 is 0 Å². The molecule has 0 aliphatic carbocycles. The number of aliphatic hydroxyl groups excluding tert-OH is 1. The Morgan fingerprint density at radius 2 is 1.37 bits per heavy atom. The van der Waals surface area contributed by atoms with Crippen LogP contribution in [0.2, 0.25) is 0 Å². The van der Waals surface area contributed by atoms with Gasteiger partial charge in [0.1, 0.15) is 0 Å².